The zero-order valence-electron chi connectivity index (χ0n) is 10.6. The SMILES string of the molecule is CC.CC.Cc1c(O)ccc2c1OCC2=O. The Bertz CT molecular complexity index is 356. The number of hydrogen-bond acceptors (Lipinski definition) is 3. The smallest absolute Gasteiger partial charge is 0.203 e. The molecule has 1 N–H and O–H groups in total. The minimum absolute atomic E-state index is 0.0203. The third kappa shape index (κ3) is 2.75. The molecule has 0 radical (unpaired) electrons. The van der Waals surface area contributed by atoms with Gasteiger partial charge in [-0.3, -0.25) is 4.79 Å². The maximum atomic E-state index is 11.1. The number of Topliss-reactive ketones (excluding diaryl/α,β-unsaturated/α-hetero) is 1. The summed E-state index contributed by atoms with van der Waals surface area (Å²) in [5.74, 6) is 0.677. The van der Waals surface area contributed by atoms with Crippen molar-refractivity contribution in [2.45, 2.75) is 34.6 Å². The molecule has 0 amide bonds. The highest BCUT2D eigenvalue weighted by Crippen LogP contribution is 2.34. The van der Waals surface area contributed by atoms with Crippen LogP contribution in [-0.2, 0) is 0 Å². The molecule has 2 rings (SSSR count). The van der Waals surface area contributed by atoms with Crippen molar-refractivity contribution >= 4 is 5.78 Å². The standard InChI is InChI=1S/C9H8O3.2C2H6/c1-5-7(10)3-2-6-8(11)4-12-9(5)6;2*1-2/h2-3,10H,4H2,1H3;2*1-2H3. The number of rotatable bonds is 0. The Morgan fingerprint density at radius 2 is 1.75 bits per heavy atom. The fraction of sp³-hybridized carbons (Fsp3) is 0.462. The Morgan fingerprint density at radius 1 is 1.19 bits per heavy atom. The molecule has 0 aliphatic carbocycles. The summed E-state index contributed by atoms with van der Waals surface area (Å²) in [7, 11) is 0. The van der Waals surface area contributed by atoms with Gasteiger partial charge in [0.25, 0.3) is 0 Å². The van der Waals surface area contributed by atoms with Crippen LogP contribution in [0.15, 0.2) is 12.1 Å². The van der Waals surface area contributed by atoms with Gasteiger partial charge in [-0.05, 0) is 19.1 Å². The van der Waals surface area contributed by atoms with Gasteiger partial charge in [0, 0.05) is 5.56 Å². The first kappa shape index (κ1) is 14.5. The van der Waals surface area contributed by atoms with E-state index in [0.29, 0.717) is 16.9 Å². The molecule has 0 fully saturated rings. The van der Waals surface area contributed by atoms with E-state index in [4.69, 9.17) is 4.74 Å². The van der Waals surface area contributed by atoms with Gasteiger partial charge < -0.3 is 9.84 Å². The largest absolute Gasteiger partial charge is 0.508 e. The summed E-state index contributed by atoms with van der Waals surface area (Å²) in [6.45, 7) is 9.83. The van der Waals surface area contributed by atoms with Crippen LogP contribution in [0.3, 0.4) is 0 Å². The zero-order valence-corrected chi connectivity index (χ0v) is 10.6. The van der Waals surface area contributed by atoms with Gasteiger partial charge >= 0.3 is 0 Å². The first-order chi connectivity index (χ1) is 7.70. The van der Waals surface area contributed by atoms with Crippen LogP contribution in [0.5, 0.6) is 11.5 Å². The van der Waals surface area contributed by atoms with Gasteiger partial charge in [0.2, 0.25) is 5.78 Å². The van der Waals surface area contributed by atoms with Crippen molar-refractivity contribution in [3.63, 3.8) is 0 Å². The second-order valence-electron chi connectivity index (χ2n) is 2.80. The van der Waals surface area contributed by atoms with E-state index in [1.807, 2.05) is 27.7 Å². The van der Waals surface area contributed by atoms with Crippen LogP contribution < -0.4 is 4.74 Å². The predicted molar refractivity (Wildman–Crippen MR) is 65.4 cm³/mol. The van der Waals surface area contributed by atoms with E-state index in [0.717, 1.165) is 0 Å². The molecule has 1 aliphatic rings. The number of benzene rings is 1. The maximum Gasteiger partial charge on any atom is 0.203 e. The van der Waals surface area contributed by atoms with Crippen molar-refractivity contribution in [2.75, 3.05) is 6.61 Å². The van der Waals surface area contributed by atoms with Crippen LogP contribution in [0, 0.1) is 6.92 Å². The molecule has 0 unspecified atom stereocenters. The van der Waals surface area contributed by atoms with Gasteiger partial charge in [0.1, 0.15) is 11.5 Å². The molecule has 0 spiro atoms. The number of fused-ring (bicyclic) bond motifs is 1. The quantitative estimate of drug-likeness (QED) is 0.735. The first-order valence-corrected chi connectivity index (χ1v) is 5.68. The predicted octanol–water partition coefficient (Wildman–Crippen LogP) is 3.33. The Hall–Kier alpha value is -1.51. The number of aromatic hydroxyl groups is 1. The van der Waals surface area contributed by atoms with Crippen molar-refractivity contribution in [3.8, 4) is 11.5 Å². The second kappa shape index (κ2) is 6.88. The Balaban J connectivity index is 0.000000509. The van der Waals surface area contributed by atoms with Crippen molar-refractivity contribution in [3.05, 3.63) is 23.3 Å². The summed E-state index contributed by atoms with van der Waals surface area (Å²) in [5.41, 5.74) is 1.21. The molecule has 16 heavy (non-hydrogen) atoms. The molecule has 0 saturated carbocycles. The lowest BCUT2D eigenvalue weighted by Gasteiger charge is -2.03. The number of carbonyl (C=O) groups is 1. The van der Waals surface area contributed by atoms with Crippen LogP contribution >= 0.6 is 0 Å². The third-order valence-electron chi connectivity index (χ3n) is 2.03. The molecule has 1 aromatic rings. The molecular formula is C13H20O3. The molecule has 1 aromatic carbocycles. The molecule has 1 aliphatic heterocycles. The number of phenolic OH excluding ortho intramolecular Hbond substituents is 1. The zero-order chi connectivity index (χ0) is 12.7. The topological polar surface area (TPSA) is 46.5 Å². The fourth-order valence-electron chi connectivity index (χ4n) is 1.30. The van der Waals surface area contributed by atoms with E-state index >= 15 is 0 Å². The average molecular weight is 224 g/mol. The Labute approximate surface area is 97.1 Å². The lowest BCUT2D eigenvalue weighted by Crippen LogP contribution is -1.98. The van der Waals surface area contributed by atoms with E-state index < -0.39 is 0 Å². The average Bonchev–Trinajstić information content (AvgIpc) is 2.72. The monoisotopic (exact) mass is 224 g/mol. The van der Waals surface area contributed by atoms with E-state index in [-0.39, 0.29) is 18.1 Å². The first-order valence-electron chi connectivity index (χ1n) is 5.68. The highest BCUT2D eigenvalue weighted by molar-refractivity contribution is 6.02. The van der Waals surface area contributed by atoms with Gasteiger partial charge in [0.15, 0.2) is 6.61 Å². The lowest BCUT2D eigenvalue weighted by atomic mass is 10.1. The number of ketones is 1. The van der Waals surface area contributed by atoms with Gasteiger partial charge in [-0.15, -0.1) is 0 Å². The molecule has 0 saturated heterocycles. The summed E-state index contributed by atoms with van der Waals surface area (Å²) in [5, 5.41) is 9.28. The number of hydrogen-bond donors (Lipinski definition) is 1. The third-order valence-corrected chi connectivity index (χ3v) is 2.03. The van der Waals surface area contributed by atoms with Gasteiger partial charge in [-0.1, -0.05) is 27.7 Å². The number of ether oxygens (including phenoxy) is 1. The van der Waals surface area contributed by atoms with E-state index in [9.17, 15) is 9.90 Å². The molecule has 3 heteroatoms. The molecule has 0 atom stereocenters. The summed E-state index contributed by atoms with van der Waals surface area (Å²) in [4.78, 5) is 11.1. The van der Waals surface area contributed by atoms with Gasteiger partial charge in [-0.2, -0.15) is 0 Å². The molecule has 0 aromatic heterocycles. The van der Waals surface area contributed by atoms with Crippen LogP contribution in [0.4, 0.5) is 0 Å². The van der Waals surface area contributed by atoms with Crippen molar-refractivity contribution < 1.29 is 14.6 Å². The summed E-state index contributed by atoms with van der Waals surface area (Å²) >= 11 is 0. The fourth-order valence-corrected chi connectivity index (χ4v) is 1.30. The van der Waals surface area contributed by atoms with Crippen molar-refractivity contribution in [2.24, 2.45) is 0 Å². The molecule has 0 bridgehead atoms. The van der Waals surface area contributed by atoms with E-state index in [1.54, 1.807) is 13.0 Å². The van der Waals surface area contributed by atoms with Gasteiger partial charge in [0.05, 0.1) is 5.56 Å². The lowest BCUT2D eigenvalue weighted by molar-refractivity contribution is 0.0961. The Morgan fingerprint density at radius 3 is 2.31 bits per heavy atom. The highest BCUT2D eigenvalue weighted by atomic mass is 16.5. The van der Waals surface area contributed by atoms with E-state index in [2.05, 4.69) is 0 Å². The van der Waals surface area contributed by atoms with Crippen LogP contribution in [-0.4, -0.2) is 17.5 Å². The summed E-state index contributed by atoms with van der Waals surface area (Å²) in [6.07, 6.45) is 0. The molecule has 90 valence electrons. The second-order valence-corrected chi connectivity index (χ2v) is 2.80. The molecule has 3 nitrogen and oxygen atoms in total. The van der Waals surface area contributed by atoms with E-state index in [1.165, 1.54) is 6.07 Å². The van der Waals surface area contributed by atoms with Crippen LogP contribution in [0.2, 0.25) is 0 Å². The minimum atomic E-state index is -0.0203. The summed E-state index contributed by atoms with van der Waals surface area (Å²) < 4.78 is 5.11. The minimum Gasteiger partial charge on any atom is -0.508 e. The van der Waals surface area contributed by atoms with Crippen molar-refractivity contribution in [1.29, 1.82) is 0 Å². The van der Waals surface area contributed by atoms with Gasteiger partial charge in [-0.25, -0.2) is 0 Å². The normalized spacial score (nSPS) is 11.4. The summed E-state index contributed by atoms with van der Waals surface area (Å²) in [6, 6.07) is 3.10. The highest BCUT2D eigenvalue weighted by Gasteiger charge is 2.23. The Kier molecular flexibility index (Phi) is 6.23. The van der Waals surface area contributed by atoms with Crippen LogP contribution in [0.25, 0.3) is 0 Å². The number of carbonyl (C=O) groups excluding carboxylic acids is 1. The molecular weight excluding hydrogens is 204 g/mol. The van der Waals surface area contributed by atoms with Crippen molar-refractivity contribution in [1.82, 2.24) is 0 Å². The maximum absolute atomic E-state index is 11.1. The molecule has 1 heterocycles. The van der Waals surface area contributed by atoms with Crippen LogP contribution in [0.1, 0.15) is 43.6 Å². The number of phenols is 1.